The van der Waals surface area contributed by atoms with Crippen molar-refractivity contribution in [1.82, 2.24) is 0 Å². The van der Waals surface area contributed by atoms with Crippen molar-refractivity contribution in [3.8, 4) is 0 Å². The van der Waals surface area contributed by atoms with Gasteiger partial charge in [-0.15, -0.1) is 0 Å². The fraction of sp³-hybridized carbons (Fsp3) is 0.947. The molecule has 28 heavy (non-hydrogen) atoms. The van der Waals surface area contributed by atoms with Gasteiger partial charge in [-0.25, -0.2) is 18.2 Å². The Hall–Kier alpha value is 0.300. The second-order valence-corrected chi connectivity index (χ2v) is 8.32. The molecule has 0 aromatic heterocycles. The van der Waals surface area contributed by atoms with Crippen LogP contribution in [-0.2, 0) is 29.4 Å². The van der Waals surface area contributed by atoms with E-state index in [1.54, 1.807) is 0 Å². The molecular weight excluding hydrogens is 395 g/mol. The van der Waals surface area contributed by atoms with E-state index >= 15 is 0 Å². The van der Waals surface area contributed by atoms with Crippen LogP contribution in [0, 0.1) is 0 Å². The first-order chi connectivity index (χ1) is 12.9. The standard InChI is InChI=1S/C19H38O7S.Na/c1-3-5-7-8-9-10-11-13-15-24-19(20)18(27(21,22)23)14-17-26-25-16-12-6-4-2;/h18H,3-17H2,1-2H3,(H,21,22,23);/q;+1/p-1. The van der Waals surface area contributed by atoms with Crippen LogP contribution in [0.15, 0.2) is 0 Å². The molecule has 0 aromatic rings. The van der Waals surface area contributed by atoms with Crippen LogP contribution in [0.1, 0.15) is 90.9 Å². The minimum Gasteiger partial charge on any atom is -0.747 e. The van der Waals surface area contributed by atoms with E-state index in [-0.39, 0.29) is 49.2 Å². The third kappa shape index (κ3) is 18.3. The maximum atomic E-state index is 11.9. The molecule has 0 heterocycles. The Bertz CT molecular complexity index is 457. The third-order valence-electron chi connectivity index (χ3n) is 4.23. The van der Waals surface area contributed by atoms with Crippen molar-refractivity contribution in [2.75, 3.05) is 19.8 Å². The first-order valence-corrected chi connectivity index (χ1v) is 11.8. The topological polar surface area (TPSA) is 102 Å². The largest absolute Gasteiger partial charge is 1.00 e. The molecule has 0 aliphatic rings. The van der Waals surface area contributed by atoms with Crippen LogP contribution >= 0.6 is 0 Å². The molecule has 0 spiro atoms. The summed E-state index contributed by atoms with van der Waals surface area (Å²) in [6, 6.07) is 0. The molecular formula is C19H37NaO7S. The number of ether oxygens (including phenoxy) is 1. The van der Waals surface area contributed by atoms with Gasteiger partial charge in [-0.05, 0) is 12.8 Å². The van der Waals surface area contributed by atoms with Crippen molar-refractivity contribution >= 4 is 16.1 Å². The third-order valence-corrected chi connectivity index (χ3v) is 5.36. The summed E-state index contributed by atoms with van der Waals surface area (Å²) < 4.78 is 38.8. The van der Waals surface area contributed by atoms with E-state index in [0.717, 1.165) is 38.5 Å². The molecule has 0 fully saturated rings. The Labute approximate surface area is 193 Å². The molecule has 9 heteroatoms. The van der Waals surface area contributed by atoms with Gasteiger partial charge in [0.05, 0.1) is 19.8 Å². The van der Waals surface area contributed by atoms with Gasteiger partial charge in [-0.2, -0.15) is 0 Å². The molecule has 0 N–H and O–H groups in total. The minimum atomic E-state index is -4.79. The number of carbonyl (C=O) groups is 1. The zero-order valence-electron chi connectivity index (χ0n) is 17.9. The van der Waals surface area contributed by atoms with Gasteiger partial charge in [0, 0.05) is 6.42 Å². The maximum absolute atomic E-state index is 11.9. The van der Waals surface area contributed by atoms with E-state index in [4.69, 9.17) is 14.5 Å². The Balaban J connectivity index is 0. The maximum Gasteiger partial charge on any atom is 1.00 e. The number of hydrogen-bond donors (Lipinski definition) is 0. The summed E-state index contributed by atoms with van der Waals surface area (Å²) in [5.74, 6) is -0.998. The fourth-order valence-electron chi connectivity index (χ4n) is 2.57. The average molecular weight is 433 g/mol. The SMILES string of the molecule is CCCCCCCCCCOC(=O)C(CCOOCCCCC)S(=O)(=O)[O-].[Na+]. The molecule has 0 saturated heterocycles. The van der Waals surface area contributed by atoms with Crippen LogP contribution < -0.4 is 29.6 Å². The summed E-state index contributed by atoms with van der Waals surface area (Å²) in [5.41, 5.74) is 0. The van der Waals surface area contributed by atoms with E-state index in [1.165, 1.54) is 25.7 Å². The molecule has 0 aliphatic carbocycles. The normalized spacial score (nSPS) is 12.4. The smallest absolute Gasteiger partial charge is 0.747 e. The zero-order chi connectivity index (χ0) is 20.4. The Morgan fingerprint density at radius 3 is 1.82 bits per heavy atom. The van der Waals surface area contributed by atoms with Gasteiger partial charge < -0.3 is 9.29 Å². The number of unbranched alkanes of at least 4 members (excludes halogenated alkanes) is 9. The second kappa shape index (κ2) is 20.6. The van der Waals surface area contributed by atoms with Gasteiger partial charge in [0.15, 0.2) is 0 Å². The molecule has 0 saturated carbocycles. The summed E-state index contributed by atoms with van der Waals surface area (Å²) in [5, 5.41) is -1.74. The van der Waals surface area contributed by atoms with Crippen molar-refractivity contribution < 1.29 is 61.8 Å². The van der Waals surface area contributed by atoms with Crippen molar-refractivity contribution in [2.24, 2.45) is 0 Å². The summed E-state index contributed by atoms with van der Waals surface area (Å²) in [7, 11) is -4.79. The van der Waals surface area contributed by atoms with E-state index < -0.39 is 21.3 Å². The molecule has 1 unspecified atom stereocenters. The van der Waals surface area contributed by atoms with Crippen LogP contribution in [0.4, 0.5) is 0 Å². The van der Waals surface area contributed by atoms with E-state index in [9.17, 15) is 17.8 Å². The summed E-state index contributed by atoms with van der Waals surface area (Å²) in [4.78, 5) is 21.6. The summed E-state index contributed by atoms with van der Waals surface area (Å²) in [6.45, 7) is 4.62. The Morgan fingerprint density at radius 1 is 0.786 bits per heavy atom. The van der Waals surface area contributed by atoms with Crippen molar-refractivity contribution in [2.45, 2.75) is 96.1 Å². The molecule has 0 rings (SSSR count). The zero-order valence-corrected chi connectivity index (χ0v) is 20.8. The van der Waals surface area contributed by atoms with E-state index in [1.807, 2.05) is 0 Å². The number of rotatable bonds is 19. The molecule has 0 bridgehead atoms. The molecule has 0 radical (unpaired) electrons. The number of esters is 1. The van der Waals surface area contributed by atoms with Gasteiger partial charge in [-0.1, -0.05) is 71.6 Å². The van der Waals surface area contributed by atoms with Crippen molar-refractivity contribution in [3.63, 3.8) is 0 Å². The monoisotopic (exact) mass is 432 g/mol. The van der Waals surface area contributed by atoms with Gasteiger partial charge in [0.2, 0.25) is 0 Å². The molecule has 162 valence electrons. The Morgan fingerprint density at radius 2 is 1.25 bits per heavy atom. The number of hydrogen-bond acceptors (Lipinski definition) is 7. The first kappa shape index (κ1) is 30.5. The van der Waals surface area contributed by atoms with Crippen LogP contribution in [0.5, 0.6) is 0 Å². The van der Waals surface area contributed by atoms with Gasteiger partial charge in [-0.3, -0.25) is 4.79 Å². The van der Waals surface area contributed by atoms with E-state index in [2.05, 4.69) is 13.8 Å². The van der Waals surface area contributed by atoms with Crippen molar-refractivity contribution in [3.05, 3.63) is 0 Å². The quantitative estimate of drug-likeness (QED) is 0.0752. The molecule has 0 aromatic carbocycles. The Kier molecular flexibility index (Phi) is 22.4. The van der Waals surface area contributed by atoms with Gasteiger partial charge >= 0.3 is 35.5 Å². The predicted octanol–water partition coefficient (Wildman–Crippen LogP) is 1.12. The average Bonchev–Trinajstić information content (AvgIpc) is 2.61. The molecule has 7 nitrogen and oxygen atoms in total. The van der Waals surface area contributed by atoms with Crippen LogP contribution in [-0.4, -0.2) is 44.0 Å². The second-order valence-electron chi connectivity index (χ2n) is 6.76. The molecule has 1 atom stereocenters. The first-order valence-electron chi connectivity index (χ1n) is 10.3. The minimum absolute atomic E-state index is 0. The van der Waals surface area contributed by atoms with Crippen LogP contribution in [0.25, 0.3) is 0 Å². The van der Waals surface area contributed by atoms with Crippen molar-refractivity contribution in [1.29, 1.82) is 0 Å². The van der Waals surface area contributed by atoms with E-state index in [0.29, 0.717) is 13.0 Å². The van der Waals surface area contributed by atoms with Crippen LogP contribution in [0.2, 0.25) is 0 Å². The van der Waals surface area contributed by atoms with Gasteiger partial charge in [0.25, 0.3) is 0 Å². The van der Waals surface area contributed by atoms with Crippen LogP contribution in [0.3, 0.4) is 0 Å². The molecule has 0 aliphatic heterocycles. The molecule has 0 amide bonds. The summed E-state index contributed by atoms with van der Waals surface area (Å²) >= 11 is 0. The predicted molar refractivity (Wildman–Crippen MR) is 103 cm³/mol. The summed E-state index contributed by atoms with van der Waals surface area (Å²) in [6.07, 6.45) is 11.4. The number of carbonyl (C=O) groups excluding carboxylic acids is 1. The fourth-order valence-corrected chi connectivity index (χ4v) is 3.25. The van der Waals surface area contributed by atoms with Gasteiger partial charge in [0.1, 0.15) is 15.4 Å².